The van der Waals surface area contributed by atoms with Gasteiger partial charge in [0.25, 0.3) is 0 Å². The summed E-state index contributed by atoms with van der Waals surface area (Å²) in [6, 6.07) is 16.3. The van der Waals surface area contributed by atoms with Crippen LogP contribution in [0, 0.1) is 0 Å². The van der Waals surface area contributed by atoms with Crippen LogP contribution in [0.15, 0.2) is 69.7 Å². The molecule has 2 heterocycles. The number of furan rings is 1. The van der Waals surface area contributed by atoms with E-state index in [0.717, 1.165) is 11.0 Å². The quantitative estimate of drug-likeness (QED) is 0.579. The summed E-state index contributed by atoms with van der Waals surface area (Å²) in [4.78, 5) is 27.4. The zero-order chi connectivity index (χ0) is 18.1. The number of esters is 1. The first kappa shape index (κ1) is 15.8. The van der Waals surface area contributed by atoms with Crippen molar-refractivity contribution in [3.05, 3.63) is 71.6 Å². The highest BCUT2D eigenvalue weighted by molar-refractivity contribution is 6.13. The molecule has 6 nitrogen and oxygen atoms in total. The summed E-state index contributed by atoms with van der Waals surface area (Å²) in [5.74, 6) is 0.0562. The molecule has 128 valence electrons. The van der Waals surface area contributed by atoms with E-state index in [9.17, 15) is 9.59 Å². The van der Waals surface area contributed by atoms with E-state index in [4.69, 9.17) is 9.15 Å². The van der Waals surface area contributed by atoms with E-state index in [1.807, 2.05) is 30.3 Å². The molecule has 1 aliphatic rings. The molecule has 2 aromatic carbocycles. The number of ether oxygens (including phenoxy) is 1. The van der Waals surface area contributed by atoms with Crippen LogP contribution in [0.1, 0.15) is 18.2 Å². The van der Waals surface area contributed by atoms with Crippen LogP contribution in [0.4, 0.5) is 5.69 Å². The third-order valence-electron chi connectivity index (χ3n) is 3.80. The van der Waals surface area contributed by atoms with Crippen molar-refractivity contribution >= 4 is 40.5 Å². The molecule has 26 heavy (non-hydrogen) atoms. The second-order valence-corrected chi connectivity index (χ2v) is 5.78. The first-order chi connectivity index (χ1) is 12.6. The van der Waals surface area contributed by atoms with Crippen molar-refractivity contribution in [3.63, 3.8) is 0 Å². The smallest absolute Gasteiger partial charge is 0.363 e. The minimum atomic E-state index is -0.536. The highest BCUT2D eigenvalue weighted by Gasteiger charge is 2.24. The molecule has 1 aliphatic heterocycles. The van der Waals surface area contributed by atoms with E-state index in [0.29, 0.717) is 17.0 Å². The molecule has 4 rings (SSSR count). The summed E-state index contributed by atoms with van der Waals surface area (Å²) < 4.78 is 10.9. The largest absolute Gasteiger partial charge is 0.457 e. The minimum Gasteiger partial charge on any atom is -0.457 e. The Morgan fingerprint density at radius 3 is 2.62 bits per heavy atom. The van der Waals surface area contributed by atoms with Crippen molar-refractivity contribution in [3.8, 4) is 0 Å². The topological polar surface area (TPSA) is 80.9 Å². The van der Waals surface area contributed by atoms with E-state index in [2.05, 4.69) is 10.3 Å². The van der Waals surface area contributed by atoms with E-state index >= 15 is 0 Å². The Morgan fingerprint density at radius 2 is 1.88 bits per heavy atom. The maximum absolute atomic E-state index is 12.1. The number of carbonyl (C=O) groups excluding carboxylic acids is 2. The Balaban J connectivity index is 1.61. The van der Waals surface area contributed by atoms with E-state index in [-0.39, 0.29) is 17.5 Å². The zero-order valence-electron chi connectivity index (χ0n) is 13.9. The standard InChI is InChI=1S/C20H14N2O4/c1-12(23)21-15-8-6-13(7-9-15)19-22-17(20(24)26-19)11-16-10-14-4-2-3-5-18(14)25-16/h2-11H,1H3,(H,21,23)/b17-11-. The molecule has 1 aromatic heterocycles. The van der Waals surface area contributed by atoms with Crippen LogP contribution in [-0.2, 0) is 14.3 Å². The summed E-state index contributed by atoms with van der Waals surface area (Å²) in [6.45, 7) is 1.44. The second-order valence-electron chi connectivity index (χ2n) is 5.78. The number of carbonyl (C=O) groups is 2. The molecule has 0 saturated heterocycles. The normalized spacial score (nSPS) is 15.2. The molecule has 0 bridgehead atoms. The Hall–Kier alpha value is -3.67. The molecule has 1 N–H and O–H groups in total. The summed E-state index contributed by atoms with van der Waals surface area (Å²) in [6.07, 6.45) is 1.56. The lowest BCUT2D eigenvalue weighted by molar-refractivity contribution is -0.130. The van der Waals surface area contributed by atoms with Gasteiger partial charge in [0.1, 0.15) is 11.3 Å². The lowest BCUT2D eigenvalue weighted by atomic mass is 10.2. The Morgan fingerprint density at radius 1 is 1.12 bits per heavy atom. The van der Waals surface area contributed by atoms with Gasteiger partial charge in [-0.25, -0.2) is 9.79 Å². The molecule has 0 atom stereocenters. The fourth-order valence-electron chi connectivity index (χ4n) is 2.64. The number of hydrogen-bond donors (Lipinski definition) is 1. The van der Waals surface area contributed by atoms with Crippen molar-refractivity contribution in [1.82, 2.24) is 0 Å². The van der Waals surface area contributed by atoms with Crippen LogP contribution in [0.3, 0.4) is 0 Å². The third-order valence-corrected chi connectivity index (χ3v) is 3.80. The molecule has 0 aliphatic carbocycles. The molecule has 1 amide bonds. The number of anilines is 1. The van der Waals surface area contributed by atoms with Crippen LogP contribution >= 0.6 is 0 Å². The van der Waals surface area contributed by atoms with Crippen LogP contribution in [-0.4, -0.2) is 17.8 Å². The summed E-state index contributed by atoms with van der Waals surface area (Å²) in [5.41, 5.74) is 2.21. The number of para-hydroxylation sites is 1. The van der Waals surface area contributed by atoms with Crippen molar-refractivity contribution in [2.45, 2.75) is 6.92 Å². The first-order valence-electron chi connectivity index (χ1n) is 7.98. The van der Waals surface area contributed by atoms with E-state index in [1.165, 1.54) is 6.92 Å². The van der Waals surface area contributed by atoms with Gasteiger partial charge in [-0.15, -0.1) is 0 Å². The Kier molecular flexibility index (Phi) is 3.85. The van der Waals surface area contributed by atoms with Crippen molar-refractivity contribution in [1.29, 1.82) is 0 Å². The molecular weight excluding hydrogens is 332 g/mol. The number of aliphatic imine (C=N–C) groups is 1. The van der Waals surface area contributed by atoms with Crippen molar-refractivity contribution in [2.24, 2.45) is 4.99 Å². The summed E-state index contributed by atoms with van der Waals surface area (Å²) in [7, 11) is 0. The van der Waals surface area contributed by atoms with Gasteiger partial charge in [-0.3, -0.25) is 4.79 Å². The SMILES string of the molecule is CC(=O)Nc1ccc(C2=N/C(=C\c3cc4ccccc4o3)C(=O)O2)cc1. The summed E-state index contributed by atoms with van der Waals surface area (Å²) in [5, 5.41) is 3.62. The lowest BCUT2D eigenvalue weighted by Gasteiger charge is -2.03. The Bertz CT molecular complexity index is 1040. The van der Waals surface area contributed by atoms with E-state index < -0.39 is 5.97 Å². The third kappa shape index (κ3) is 3.12. The monoisotopic (exact) mass is 346 g/mol. The number of benzene rings is 2. The molecule has 0 unspecified atom stereocenters. The average molecular weight is 346 g/mol. The number of amides is 1. The lowest BCUT2D eigenvalue weighted by Crippen LogP contribution is -2.07. The van der Waals surface area contributed by atoms with Gasteiger partial charge in [0.05, 0.1) is 0 Å². The predicted molar refractivity (Wildman–Crippen MR) is 97.6 cm³/mol. The van der Waals surface area contributed by atoms with Gasteiger partial charge < -0.3 is 14.5 Å². The number of nitrogens with one attached hydrogen (secondary N) is 1. The van der Waals surface area contributed by atoms with Gasteiger partial charge in [0.2, 0.25) is 11.8 Å². The molecule has 0 radical (unpaired) electrons. The Labute approximate surface area is 148 Å². The minimum absolute atomic E-state index is 0.154. The molecular formula is C20H14N2O4. The highest BCUT2D eigenvalue weighted by Crippen LogP contribution is 2.24. The maximum atomic E-state index is 12.1. The molecule has 0 fully saturated rings. The van der Waals surface area contributed by atoms with E-state index in [1.54, 1.807) is 30.3 Å². The first-order valence-corrected chi connectivity index (χ1v) is 7.98. The fourth-order valence-corrected chi connectivity index (χ4v) is 2.64. The fraction of sp³-hybridized carbons (Fsp3) is 0.0500. The number of hydrogen-bond acceptors (Lipinski definition) is 5. The molecule has 3 aromatic rings. The average Bonchev–Trinajstić information content (AvgIpc) is 3.18. The highest BCUT2D eigenvalue weighted by atomic mass is 16.6. The summed E-state index contributed by atoms with van der Waals surface area (Å²) >= 11 is 0. The van der Waals surface area contributed by atoms with Crippen molar-refractivity contribution in [2.75, 3.05) is 5.32 Å². The molecule has 0 spiro atoms. The van der Waals surface area contributed by atoms with Crippen LogP contribution < -0.4 is 5.32 Å². The van der Waals surface area contributed by atoms with Crippen LogP contribution in [0.25, 0.3) is 17.0 Å². The maximum Gasteiger partial charge on any atom is 0.363 e. The second kappa shape index (κ2) is 6.33. The van der Waals surface area contributed by atoms with Crippen LogP contribution in [0.2, 0.25) is 0 Å². The van der Waals surface area contributed by atoms with Gasteiger partial charge in [0.15, 0.2) is 5.70 Å². The zero-order valence-corrected chi connectivity index (χ0v) is 13.9. The van der Waals surface area contributed by atoms with Gasteiger partial charge in [-0.05, 0) is 36.4 Å². The van der Waals surface area contributed by atoms with Crippen molar-refractivity contribution < 1.29 is 18.7 Å². The predicted octanol–water partition coefficient (Wildman–Crippen LogP) is 3.74. The molecule has 6 heteroatoms. The number of fused-ring (bicyclic) bond motifs is 1. The van der Waals surface area contributed by atoms with Gasteiger partial charge in [-0.1, -0.05) is 18.2 Å². The van der Waals surface area contributed by atoms with Crippen LogP contribution in [0.5, 0.6) is 0 Å². The van der Waals surface area contributed by atoms with Gasteiger partial charge >= 0.3 is 5.97 Å². The van der Waals surface area contributed by atoms with Gasteiger partial charge in [0, 0.05) is 29.6 Å². The number of rotatable bonds is 3. The number of cyclic esters (lactones) is 1. The molecule has 0 saturated carbocycles. The van der Waals surface area contributed by atoms with Gasteiger partial charge in [-0.2, -0.15) is 0 Å². The number of nitrogens with zero attached hydrogens (tertiary/aromatic N) is 1.